The van der Waals surface area contributed by atoms with Crippen LogP contribution in [0.1, 0.15) is 35.1 Å². The first-order valence-electron chi connectivity index (χ1n) is 7.05. The molecule has 0 saturated carbocycles. The van der Waals surface area contributed by atoms with Gasteiger partial charge in [-0.15, -0.1) is 0 Å². The minimum atomic E-state index is -1.04. The molecule has 20 heavy (non-hydrogen) atoms. The fraction of sp³-hybridized carbons (Fsp3) is 0.333. The number of aliphatic hydroxyl groups is 2. The van der Waals surface area contributed by atoms with Crippen LogP contribution in [-0.4, -0.2) is 16.8 Å². The molecule has 2 aromatic rings. The topological polar surface area (TPSA) is 40.5 Å². The second kappa shape index (κ2) is 6.21. The zero-order valence-electron chi connectivity index (χ0n) is 12.1. The first-order chi connectivity index (χ1) is 9.59. The Morgan fingerprint density at radius 2 is 1.30 bits per heavy atom. The molecule has 0 radical (unpaired) electrons. The van der Waals surface area contributed by atoms with Crippen LogP contribution in [0.25, 0.3) is 0 Å². The van der Waals surface area contributed by atoms with E-state index in [1.807, 2.05) is 62.4 Å². The maximum absolute atomic E-state index is 11.3. The van der Waals surface area contributed by atoms with E-state index in [9.17, 15) is 5.11 Å². The predicted octanol–water partition coefficient (Wildman–Crippen LogP) is 3.31. The third kappa shape index (κ3) is 2.77. The fourth-order valence-corrected chi connectivity index (χ4v) is 2.82. The van der Waals surface area contributed by atoms with Crippen LogP contribution in [0.15, 0.2) is 48.5 Å². The molecule has 0 spiro atoms. The third-order valence-corrected chi connectivity index (χ3v) is 3.88. The number of rotatable bonds is 5. The highest BCUT2D eigenvalue weighted by Crippen LogP contribution is 2.37. The van der Waals surface area contributed by atoms with Gasteiger partial charge in [-0.05, 0) is 48.9 Å². The average molecular weight is 270 g/mol. The van der Waals surface area contributed by atoms with E-state index < -0.39 is 5.60 Å². The Kier molecular flexibility index (Phi) is 4.58. The summed E-state index contributed by atoms with van der Waals surface area (Å²) < 4.78 is 0. The lowest BCUT2D eigenvalue weighted by molar-refractivity contribution is 0.0613. The summed E-state index contributed by atoms with van der Waals surface area (Å²) in [6, 6.07) is 15.8. The van der Waals surface area contributed by atoms with Gasteiger partial charge in [0.15, 0.2) is 0 Å². The van der Waals surface area contributed by atoms with Crippen molar-refractivity contribution in [2.45, 2.75) is 32.3 Å². The van der Waals surface area contributed by atoms with E-state index in [-0.39, 0.29) is 6.61 Å². The zero-order chi connectivity index (χ0) is 14.6. The SMILES string of the molecule is Cc1ccccc1C(O)(CCCO)c1ccccc1C. The highest BCUT2D eigenvalue weighted by molar-refractivity contribution is 5.43. The third-order valence-electron chi connectivity index (χ3n) is 3.88. The Balaban J connectivity index is 2.57. The van der Waals surface area contributed by atoms with Gasteiger partial charge in [-0.2, -0.15) is 0 Å². The molecule has 0 amide bonds. The lowest BCUT2D eigenvalue weighted by Crippen LogP contribution is -2.29. The van der Waals surface area contributed by atoms with Gasteiger partial charge < -0.3 is 10.2 Å². The Morgan fingerprint density at radius 3 is 1.70 bits per heavy atom. The van der Waals surface area contributed by atoms with Gasteiger partial charge >= 0.3 is 0 Å². The Morgan fingerprint density at radius 1 is 0.850 bits per heavy atom. The van der Waals surface area contributed by atoms with E-state index in [0.29, 0.717) is 12.8 Å². The van der Waals surface area contributed by atoms with Gasteiger partial charge in [-0.1, -0.05) is 48.5 Å². The number of aryl methyl sites for hydroxylation is 2. The summed E-state index contributed by atoms with van der Waals surface area (Å²) >= 11 is 0. The molecule has 2 nitrogen and oxygen atoms in total. The second-order valence-electron chi connectivity index (χ2n) is 5.32. The van der Waals surface area contributed by atoms with E-state index in [1.165, 1.54) is 0 Å². The quantitative estimate of drug-likeness (QED) is 0.875. The first kappa shape index (κ1) is 14.8. The smallest absolute Gasteiger partial charge is 0.115 e. The standard InChI is InChI=1S/C18H22O2/c1-14-8-3-5-10-16(14)18(20,12-7-13-19)17-11-6-4-9-15(17)2/h3-6,8-11,19-20H,7,12-13H2,1-2H3. The van der Waals surface area contributed by atoms with Crippen LogP contribution in [0.4, 0.5) is 0 Å². The van der Waals surface area contributed by atoms with Crippen LogP contribution in [0.3, 0.4) is 0 Å². The summed E-state index contributed by atoms with van der Waals surface area (Å²) in [5, 5.41) is 20.5. The molecule has 0 bridgehead atoms. The van der Waals surface area contributed by atoms with Crippen molar-refractivity contribution < 1.29 is 10.2 Å². The maximum atomic E-state index is 11.3. The summed E-state index contributed by atoms with van der Waals surface area (Å²) in [6.45, 7) is 4.11. The van der Waals surface area contributed by atoms with Gasteiger partial charge in [0.05, 0.1) is 0 Å². The van der Waals surface area contributed by atoms with Crippen molar-refractivity contribution in [2.75, 3.05) is 6.61 Å². The molecule has 0 saturated heterocycles. The summed E-state index contributed by atoms with van der Waals surface area (Å²) in [5.41, 5.74) is 2.93. The Labute approximate surface area is 120 Å². The normalized spacial score (nSPS) is 11.6. The number of hydrogen-bond acceptors (Lipinski definition) is 2. The van der Waals surface area contributed by atoms with Crippen molar-refractivity contribution in [1.29, 1.82) is 0 Å². The molecule has 0 aliphatic rings. The van der Waals surface area contributed by atoms with Gasteiger partial charge in [-0.3, -0.25) is 0 Å². The highest BCUT2D eigenvalue weighted by atomic mass is 16.3. The van der Waals surface area contributed by atoms with Crippen molar-refractivity contribution in [3.63, 3.8) is 0 Å². The van der Waals surface area contributed by atoms with Crippen molar-refractivity contribution >= 4 is 0 Å². The summed E-state index contributed by atoms with van der Waals surface area (Å²) in [6.07, 6.45) is 1.08. The lowest BCUT2D eigenvalue weighted by atomic mass is 9.79. The molecule has 0 fully saturated rings. The molecular weight excluding hydrogens is 248 g/mol. The maximum Gasteiger partial charge on any atom is 0.115 e. The summed E-state index contributed by atoms with van der Waals surface area (Å²) in [7, 11) is 0. The number of aliphatic hydroxyl groups excluding tert-OH is 1. The average Bonchev–Trinajstić information content (AvgIpc) is 2.46. The molecule has 0 atom stereocenters. The van der Waals surface area contributed by atoms with E-state index in [0.717, 1.165) is 22.3 Å². The van der Waals surface area contributed by atoms with Crippen LogP contribution in [0, 0.1) is 13.8 Å². The highest BCUT2D eigenvalue weighted by Gasteiger charge is 2.33. The summed E-state index contributed by atoms with van der Waals surface area (Å²) in [4.78, 5) is 0. The lowest BCUT2D eigenvalue weighted by Gasteiger charge is -2.32. The van der Waals surface area contributed by atoms with Gasteiger partial charge in [0.25, 0.3) is 0 Å². The zero-order valence-corrected chi connectivity index (χ0v) is 12.1. The molecular formula is C18H22O2. The van der Waals surface area contributed by atoms with Gasteiger partial charge in [0.2, 0.25) is 0 Å². The van der Waals surface area contributed by atoms with Crippen molar-refractivity contribution in [1.82, 2.24) is 0 Å². The first-order valence-corrected chi connectivity index (χ1v) is 7.05. The molecule has 2 aromatic carbocycles. The Hall–Kier alpha value is -1.64. The number of hydrogen-bond donors (Lipinski definition) is 2. The minimum absolute atomic E-state index is 0.0834. The molecule has 0 aliphatic heterocycles. The molecule has 2 rings (SSSR count). The van der Waals surface area contributed by atoms with Crippen LogP contribution in [0.5, 0.6) is 0 Å². The van der Waals surface area contributed by atoms with Crippen LogP contribution < -0.4 is 0 Å². The second-order valence-corrected chi connectivity index (χ2v) is 5.32. The van der Waals surface area contributed by atoms with E-state index >= 15 is 0 Å². The molecule has 0 unspecified atom stereocenters. The van der Waals surface area contributed by atoms with Crippen LogP contribution in [0.2, 0.25) is 0 Å². The van der Waals surface area contributed by atoms with E-state index in [4.69, 9.17) is 5.11 Å². The van der Waals surface area contributed by atoms with Gasteiger partial charge in [-0.25, -0.2) is 0 Å². The molecule has 0 aromatic heterocycles. The Bertz CT molecular complexity index is 530. The van der Waals surface area contributed by atoms with Crippen molar-refractivity contribution in [3.8, 4) is 0 Å². The number of benzene rings is 2. The van der Waals surface area contributed by atoms with Crippen LogP contribution in [-0.2, 0) is 5.60 Å². The predicted molar refractivity (Wildman–Crippen MR) is 81.7 cm³/mol. The molecule has 2 N–H and O–H groups in total. The molecule has 106 valence electrons. The molecule has 0 aliphatic carbocycles. The largest absolute Gasteiger partial charge is 0.396 e. The van der Waals surface area contributed by atoms with E-state index in [2.05, 4.69) is 0 Å². The molecule has 0 heterocycles. The fourth-order valence-electron chi connectivity index (χ4n) is 2.82. The molecule has 2 heteroatoms. The van der Waals surface area contributed by atoms with Crippen molar-refractivity contribution in [2.24, 2.45) is 0 Å². The van der Waals surface area contributed by atoms with Gasteiger partial charge in [0.1, 0.15) is 5.60 Å². The summed E-state index contributed by atoms with van der Waals surface area (Å²) in [5.74, 6) is 0. The van der Waals surface area contributed by atoms with Gasteiger partial charge in [0, 0.05) is 6.61 Å². The van der Waals surface area contributed by atoms with E-state index in [1.54, 1.807) is 0 Å². The van der Waals surface area contributed by atoms with Crippen LogP contribution >= 0.6 is 0 Å². The van der Waals surface area contributed by atoms with Crippen molar-refractivity contribution in [3.05, 3.63) is 70.8 Å². The monoisotopic (exact) mass is 270 g/mol. The minimum Gasteiger partial charge on any atom is -0.396 e.